The number of nitro benzene ring substituents is 1. The lowest BCUT2D eigenvalue weighted by atomic mass is 9.98. The number of rotatable bonds is 5. The number of furan rings is 1. The maximum absolute atomic E-state index is 12.9. The van der Waals surface area contributed by atoms with E-state index < -0.39 is 20.6 Å². The van der Waals surface area contributed by atoms with Crippen LogP contribution in [-0.4, -0.2) is 40.9 Å². The van der Waals surface area contributed by atoms with Crippen LogP contribution in [0.25, 0.3) is 11.7 Å². The van der Waals surface area contributed by atoms with Crippen LogP contribution in [0.15, 0.2) is 56.4 Å². The molecule has 0 atom stereocenters. The van der Waals surface area contributed by atoms with Crippen molar-refractivity contribution >= 4 is 15.7 Å². The van der Waals surface area contributed by atoms with Crippen LogP contribution in [0, 0.1) is 10.1 Å². The van der Waals surface area contributed by atoms with Crippen molar-refractivity contribution in [3.05, 3.63) is 58.7 Å². The van der Waals surface area contributed by atoms with Crippen LogP contribution in [-0.2, 0) is 10.0 Å². The van der Waals surface area contributed by atoms with Crippen molar-refractivity contribution in [1.82, 2.24) is 14.5 Å². The standard InChI is InChI=1S/C17H16N4O6S/c22-21(23)13-4-1-2-6-15(13)28(24,25)20-9-7-12(8-10-20)16-18-19-17(27-16)14-5-3-11-26-14/h1-6,11-12H,7-10H2. The number of sulfonamides is 1. The molecule has 1 fully saturated rings. The normalized spacial score (nSPS) is 16.3. The van der Waals surface area contributed by atoms with E-state index in [0.717, 1.165) is 0 Å². The molecule has 1 aliphatic rings. The summed E-state index contributed by atoms with van der Waals surface area (Å²) in [5.41, 5.74) is -0.426. The van der Waals surface area contributed by atoms with Gasteiger partial charge in [0.05, 0.1) is 11.2 Å². The van der Waals surface area contributed by atoms with Crippen LogP contribution in [0.4, 0.5) is 5.69 Å². The molecule has 0 bridgehead atoms. The Kier molecular flexibility index (Phi) is 4.69. The fourth-order valence-corrected chi connectivity index (χ4v) is 4.83. The molecule has 2 aromatic heterocycles. The minimum atomic E-state index is -3.96. The van der Waals surface area contributed by atoms with Crippen molar-refractivity contribution in [2.45, 2.75) is 23.7 Å². The van der Waals surface area contributed by atoms with E-state index in [4.69, 9.17) is 8.83 Å². The predicted octanol–water partition coefficient (Wildman–Crippen LogP) is 2.81. The molecule has 10 nitrogen and oxygen atoms in total. The molecule has 11 heteroatoms. The van der Waals surface area contributed by atoms with Crippen molar-refractivity contribution in [3.63, 3.8) is 0 Å². The Morgan fingerprint density at radius 2 is 1.86 bits per heavy atom. The Morgan fingerprint density at radius 1 is 1.11 bits per heavy atom. The van der Waals surface area contributed by atoms with Crippen molar-refractivity contribution in [1.29, 1.82) is 0 Å². The minimum Gasteiger partial charge on any atom is -0.459 e. The topological polar surface area (TPSA) is 133 Å². The maximum atomic E-state index is 12.9. The van der Waals surface area contributed by atoms with Crippen molar-refractivity contribution in [2.24, 2.45) is 0 Å². The first-order valence-electron chi connectivity index (χ1n) is 8.57. The number of para-hydroxylation sites is 1. The molecular formula is C17H16N4O6S. The average Bonchev–Trinajstić information content (AvgIpc) is 3.40. The van der Waals surface area contributed by atoms with Crippen LogP contribution < -0.4 is 0 Å². The molecule has 0 radical (unpaired) electrons. The van der Waals surface area contributed by atoms with Crippen LogP contribution in [0.5, 0.6) is 0 Å². The highest BCUT2D eigenvalue weighted by molar-refractivity contribution is 7.89. The predicted molar refractivity (Wildman–Crippen MR) is 95.8 cm³/mol. The van der Waals surface area contributed by atoms with Gasteiger partial charge in [-0.05, 0) is 31.0 Å². The second-order valence-corrected chi connectivity index (χ2v) is 8.23. The Bertz CT molecular complexity index is 1080. The van der Waals surface area contributed by atoms with Gasteiger partial charge in [-0.15, -0.1) is 10.2 Å². The first-order chi connectivity index (χ1) is 13.5. The molecule has 3 heterocycles. The molecule has 1 aromatic carbocycles. The molecular weight excluding hydrogens is 388 g/mol. The molecule has 1 saturated heterocycles. The zero-order chi connectivity index (χ0) is 19.7. The van der Waals surface area contributed by atoms with E-state index in [1.807, 2.05) is 0 Å². The molecule has 3 aromatic rings. The summed E-state index contributed by atoms with van der Waals surface area (Å²) in [5, 5.41) is 19.2. The van der Waals surface area contributed by atoms with Crippen molar-refractivity contribution in [3.8, 4) is 11.7 Å². The molecule has 0 N–H and O–H groups in total. The Hall–Kier alpha value is -3.05. The van der Waals surface area contributed by atoms with Gasteiger partial charge in [0.25, 0.3) is 11.6 Å². The molecule has 0 saturated carbocycles. The van der Waals surface area contributed by atoms with Crippen LogP contribution >= 0.6 is 0 Å². The van der Waals surface area contributed by atoms with E-state index in [1.165, 1.54) is 34.8 Å². The highest BCUT2D eigenvalue weighted by Gasteiger charge is 2.35. The first kappa shape index (κ1) is 18.3. The van der Waals surface area contributed by atoms with E-state index in [0.29, 0.717) is 24.5 Å². The monoisotopic (exact) mass is 404 g/mol. The van der Waals surface area contributed by atoms with Gasteiger partial charge < -0.3 is 8.83 Å². The lowest BCUT2D eigenvalue weighted by Crippen LogP contribution is -2.38. The largest absolute Gasteiger partial charge is 0.459 e. The zero-order valence-corrected chi connectivity index (χ0v) is 15.4. The van der Waals surface area contributed by atoms with Gasteiger partial charge in [-0.2, -0.15) is 4.31 Å². The van der Waals surface area contributed by atoms with E-state index in [-0.39, 0.29) is 29.8 Å². The van der Waals surface area contributed by atoms with Gasteiger partial charge in [-0.3, -0.25) is 10.1 Å². The fraction of sp³-hybridized carbons (Fsp3) is 0.294. The van der Waals surface area contributed by atoms with Crippen LogP contribution in [0.2, 0.25) is 0 Å². The Morgan fingerprint density at radius 3 is 2.54 bits per heavy atom. The second kappa shape index (κ2) is 7.17. The summed E-state index contributed by atoms with van der Waals surface area (Å²) in [6.45, 7) is 0.412. The summed E-state index contributed by atoms with van der Waals surface area (Å²) in [5.74, 6) is 1.08. The lowest BCUT2D eigenvalue weighted by molar-refractivity contribution is -0.387. The van der Waals surface area contributed by atoms with Crippen LogP contribution in [0.3, 0.4) is 0 Å². The second-order valence-electron chi connectivity index (χ2n) is 6.33. The highest BCUT2D eigenvalue weighted by atomic mass is 32.2. The van der Waals surface area contributed by atoms with Crippen LogP contribution in [0.1, 0.15) is 24.7 Å². The van der Waals surface area contributed by atoms with E-state index in [9.17, 15) is 18.5 Å². The number of piperidine rings is 1. The summed E-state index contributed by atoms with van der Waals surface area (Å²) >= 11 is 0. The van der Waals surface area contributed by atoms with Gasteiger partial charge >= 0.3 is 0 Å². The lowest BCUT2D eigenvalue weighted by Gasteiger charge is -2.29. The number of hydrogen-bond acceptors (Lipinski definition) is 8. The third-order valence-electron chi connectivity index (χ3n) is 4.66. The molecule has 0 aliphatic carbocycles. The summed E-state index contributed by atoms with van der Waals surface area (Å²) in [6.07, 6.45) is 2.45. The quantitative estimate of drug-likeness (QED) is 0.468. The molecule has 28 heavy (non-hydrogen) atoms. The fourth-order valence-electron chi connectivity index (χ4n) is 3.21. The molecule has 0 spiro atoms. The zero-order valence-electron chi connectivity index (χ0n) is 14.6. The van der Waals surface area contributed by atoms with Gasteiger partial charge in [-0.1, -0.05) is 12.1 Å². The van der Waals surface area contributed by atoms with Gasteiger partial charge in [0.2, 0.25) is 15.9 Å². The van der Waals surface area contributed by atoms with Crippen molar-refractivity contribution in [2.75, 3.05) is 13.1 Å². The number of nitrogens with zero attached hydrogens (tertiary/aromatic N) is 4. The minimum absolute atomic E-state index is 0.0894. The smallest absolute Gasteiger partial charge is 0.289 e. The Balaban J connectivity index is 1.49. The first-order valence-corrected chi connectivity index (χ1v) is 10.0. The van der Waals surface area contributed by atoms with Gasteiger partial charge in [-0.25, -0.2) is 8.42 Å². The van der Waals surface area contributed by atoms with E-state index in [1.54, 1.807) is 12.1 Å². The van der Waals surface area contributed by atoms with E-state index >= 15 is 0 Å². The van der Waals surface area contributed by atoms with E-state index in [2.05, 4.69) is 10.2 Å². The molecule has 0 unspecified atom stereocenters. The summed E-state index contributed by atoms with van der Waals surface area (Å²) in [6, 6.07) is 8.78. The van der Waals surface area contributed by atoms with Gasteiger partial charge in [0, 0.05) is 25.1 Å². The maximum Gasteiger partial charge on any atom is 0.289 e. The van der Waals surface area contributed by atoms with Gasteiger partial charge in [0.15, 0.2) is 10.7 Å². The highest BCUT2D eigenvalue weighted by Crippen LogP contribution is 2.33. The number of nitro groups is 1. The number of aromatic nitrogens is 2. The third kappa shape index (κ3) is 3.29. The SMILES string of the molecule is O=[N+]([O-])c1ccccc1S(=O)(=O)N1CCC(c2nnc(-c3ccco3)o2)CC1. The number of hydrogen-bond donors (Lipinski definition) is 0. The third-order valence-corrected chi connectivity index (χ3v) is 6.60. The van der Waals surface area contributed by atoms with Crippen molar-refractivity contribution < 1.29 is 22.2 Å². The average molecular weight is 404 g/mol. The summed E-state index contributed by atoms with van der Waals surface area (Å²) in [4.78, 5) is 10.2. The Labute approximate surface area is 160 Å². The summed E-state index contributed by atoms with van der Waals surface area (Å²) in [7, 11) is -3.96. The molecule has 146 valence electrons. The molecule has 4 rings (SSSR count). The molecule has 0 amide bonds. The number of benzene rings is 1. The summed E-state index contributed by atoms with van der Waals surface area (Å²) < 4.78 is 37.9. The van der Waals surface area contributed by atoms with Gasteiger partial charge in [0.1, 0.15) is 0 Å². The molecule has 1 aliphatic heterocycles.